The van der Waals surface area contributed by atoms with E-state index in [2.05, 4.69) is 29.7 Å². The van der Waals surface area contributed by atoms with Crippen LogP contribution in [0, 0.1) is 5.41 Å². The van der Waals surface area contributed by atoms with E-state index in [1.54, 1.807) is 0 Å². The Morgan fingerprint density at radius 3 is 2.85 bits per heavy atom. The van der Waals surface area contributed by atoms with Gasteiger partial charge >= 0.3 is 0 Å². The average Bonchev–Trinajstić information content (AvgIpc) is 2.97. The van der Waals surface area contributed by atoms with Gasteiger partial charge in [0.2, 0.25) is 5.91 Å². The molecule has 1 aromatic rings. The van der Waals surface area contributed by atoms with Gasteiger partial charge < -0.3 is 10.6 Å². The lowest BCUT2D eigenvalue weighted by Gasteiger charge is -2.26. The van der Waals surface area contributed by atoms with Gasteiger partial charge in [-0.25, -0.2) is 0 Å². The second-order valence-corrected chi connectivity index (χ2v) is 6.20. The SMILES string of the molecule is CCC1(C(=O)Nc2ccc3c(c2)NCCC3)CCCC1. The van der Waals surface area contributed by atoms with E-state index in [-0.39, 0.29) is 11.3 Å². The molecule has 108 valence electrons. The molecule has 0 unspecified atom stereocenters. The summed E-state index contributed by atoms with van der Waals surface area (Å²) in [6, 6.07) is 6.27. The Labute approximate surface area is 121 Å². The van der Waals surface area contributed by atoms with E-state index in [0.29, 0.717) is 0 Å². The minimum Gasteiger partial charge on any atom is -0.385 e. The van der Waals surface area contributed by atoms with E-state index in [1.807, 2.05) is 6.07 Å². The van der Waals surface area contributed by atoms with Crippen LogP contribution in [0.2, 0.25) is 0 Å². The van der Waals surface area contributed by atoms with E-state index >= 15 is 0 Å². The molecule has 0 spiro atoms. The fraction of sp³-hybridized carbons (Fsp3) is 0.588. The third-order valence-electron chi connectivity index (χ3n) is 5.03. The van der Waals surface area contributed by atoms with Crippen molar-refractivity contribution in [1.82, 2.24) is 0 Å². The maximum absolute atomic E-state index is 12.6. The molecule has 1 saturated carbocycles. The second-order valence-electron chi connectivity index (χ2n) is 6.20. The van der Waals surface area contributed by atoms with E-state index in [1.165, 1.54) is 30.5 Å². The zero-order chi connectivity index (χ0) is 14.0. The minimum absolute atomic E-state index is 0.122. The lowest BCUT2D eigenvalue weighted by Crippen LogP contribution is -2.33. The first-order valence-electron chi connectivity index (χ1n) is 7.92. The Balaban J connectivity index is 1.75. The van der Waals surface area contributed by atoms with Crippen LogP contribution in [0.1, 0.15) is 51.0 Å². The van der Waals surface area contributed by atoms with Crippen LogP contribution in [0.25, 0.3) is 0 Å². The Morgan fingerprint density at radius 2 is 2.10 bits per heavy atom. The van der Waals surface area contributed by atoms with Gasteiger partial charge in [0.05, 0.1) is 0 Å². The van der Waals surface area contributed by atoms with Crippen LogP contribution in [-0.2, 0) is 11.2 Å². The number of hydrogen-bond donors (Lipinski definition) is 2. The van der Waals surface area contributed by atoms with Crippen molar-refractivity contribution in [2.75, 3.05) is 17.2 Å². The van der Waals surface area contributed by atoms with Crippen LogP contribution < -0.4 is 10.6 Å². The van der Waals surface area contributed by atoms with Gasteiger partial charge in [0.15, 0.2) is 0 Å². The molecule has 3 heteroatoms. The Kier molecular flexibility index (Phi) is 3.68. The van der Waals surface area contributed by atoms with Crippen LogP contribution in [-0.4, -0.2) is 12.5 Å². The van der Waals surface area contributed by atoms with Crippen molar-refractivity contribution in [3.8, 4) is 0 Å². The number of carbonyl (C=O) groups excluding carboxylic acids is 1. The maximum Gasteiger partial charge on any atom is 0.230 e. The lowest BCUT2D eigenvalue weighted by atomic mass is 9.82. The molecular weight excluding hydrogens is 248 g/mol. The molecule has 1 fully saturated rings. The normalized spacial score (nSPS) is 20.1. The molecule has 0 radical (unpaired) electrons. The van der Waals surface area contributed by atoms with Gasteiger partial charge in [0.1, 0.15) is 0 Å². The van der Waals surface area contributed by atoms with Crippen molar-refractivity contribution in [3.05, 3.63) is 23.8 Å². The molecule has 20 heavy (non-hydrogen) atoms. The van der Waals surface area contributed by atoms with Crippen LogP contribution in [0.3, 0.4) is 0 Å². The molecule has 0 bridgehead atoms. The lowest BCUT2D eigenvalue weighted by molar-refractivity contribution is -0.125. The third kappa shape index (κ3) is 2.41. The standard InChI is InChI=1S/C17H24N2O/c1-2-17(9-3-4-10-17)16(20)19-14-8-7-13-6-5-11-18-15(13)12-14/h7-8,12,18H,2-6,9-11H2,1H3,(H,19,20). The van der Waals surface area contributed by atoms with Gasteiger partial charge in [-0.2, -0.15) is 0 Å². The van der Waals surface area contributed by atoms with Crippen LogP contribution in [0.15, 0.2) is 18.2 Å². The number of amides is 1. The summed E-state index contributed by atoms with van der Waals surface area (Å²) in [7, 11) is 0. The molecule has 1 aliphatic heterocycles. The van der Waals surface area contributed by atoms with Gasteiger partial charge in [-0.05, 0) is 49.8 Å². The fourth-order valence-corrected chi connectivity index (χ4v) is 3.60. The summed E-state index contributed by atoms with van der Waals surface area (Å²) in [5, 5.41) is 6.56. The maximum atomic E-state index is 12.6. The highest BCUT2D eigenvalue weighted by atomic mass is 16.2. The zero-order valence-electron chi connectivity index (χ0n) is 12.3. The van der Waals surface area contributed by atoms with Crippen molar-refractivity contribution >= 4 is 17.3 Å². The number of anilines is 2. The topological polar surface area (TPSA) is 41.1 Å². The number of fused-ring (bicyclic) bond motifs is 1. The highest BCUT2D eigenvalue weighted by Gasteiger charge is 2.39. The minimum atomic E-state index is -0.122. The molecule has 0 saturated heterocycles. The number of rotatable bonds is 3. The smallest absolute Gasteiger partial charge is 0.230 e. The summed E-state index contributed by atoms with van der Waals surface area (Å²) >= 11 is 0. The number of benzene rings is 1. The monoisotopic (exact) mass is 272 g/mol. The Bertz CT molecular complexity index is 504. The number of carbonyl (C=O) groups is 1. The van der Waals surface area contributed by atoms with Crippen LogP contribution >= 0.6 is 0 Å². The summed E-state index contributed by atoms with van der Waals surface area (Å²) < 4.78 is 0. The molecule has 1 aromatic carbocycles. The molecule has 3 nitrogen and oxygen atoms in total. The molecule has 3 rings (SSSR count). The Hall–Kier alpha value is -1.51. The summed E-state index contributed by atoms with van der Waals surface area (Å²) in [5.74, 6) is 0.216. The predicted molar refractivity (Wildman–Crippen MR) is 83.1 cm³/mol. The summed E-state index contributed by atoms with van der Waals surface area (Å²) in [4.78, 5) is 12.6. The van der Waals surface area contributed by atoms with E-state index < -0.39 is 0 Å². The Morgan fingerprint density at radius 1 is 1.30 bits per heavy atom. The molecular formula is C17H24N2O. The quantitative estimate of drug-likeness (QED) is 0.874. The number of hydrogen-bond acceptors (Lipinski definition) is 2. The van der Waals surface area contributed by atoms with E-state index in [4.69, 9.17) is 0 Å². The number of aryl methyl sites for hydroxylation is 1. The fourth-order valence-electron chi connectivity index (χ4n) is 3.60. The summed E-state index contributed by atoms with van der Waals surface area (Å²) in [6.07, 6.45) is 7.73. The first-order valence-corrected chi connectivity index (χ1v) is 7.92. The van der Waals surface area contributed by atoms with Gasteiger partial charge in [-0.1, -0.05) is 25.8 Å². The van der Waals surface area contributed by atoms with Crippen molar-refractivity contribution in [3.63, 3.8) is 0 Å². The largest absolute Gasteiger partial charge is 0.385 e. The molecule has 0 aromatic heterocycles. The van der Waals surface area contributed by atoms with Crippen molar-refractivity contribution < 1.29 is 4.79 Å². The first-order chi connectivity index (χ1) is 9.73. The zero-order valence-corrected chi connectivity index (χ0v) is 12.3. The molecule has 1 heterocycles. The van der Waals surface area contributed by atoms with Crippen molar-refractivity contribution in [2.45, 2.75) is 51.9 Å². The van der Waals surface area contributed by atoms with Gasteiger partial charge in [0.25, 0.3) is 0 Å². The first kappa shape index (κ1) is 13.5. The summed E-state index contributed by atoms with van der Waals surface area (Å²) in [6.45, 7) is 3.17. The highest BCUT2D eigenvalue weighted by Crippen LogP contribution is 2.42. The third-order valence-corrected chi connectivity index (χ3v) is 5.03. The van der Waals surface area contributed by atoms with Crippen LogP contribution in [0.5, 0.6) is 0 Å². The van der Waals surface area contributed by atoms with Crippen molar-refractivity contribution in [1.29, 1.82) is 0 Å². The molecule has 2 N–H and O–H groups in total. The molecule has 1 aliphatic carbocycles. The van der Waals surface area contributed by atoms with Gasteiger partial charge in [0, 0.05) is 23.3 Å². The number of nitrogens with one attached hydrogen (secondary N) is 2. The van der Waals surface area contributed by atoms with Crippen molar-refractivity contribution in [2.24, 2.45) is 5.41 Å². The molecule has 2 aliphatic rings. The van der Waals surface area contributed by atoms with Gasteiger partial charge in [-0.3, -0.25) is 4.79 Å². The molecule has 0 atom stereocenters. The second kappa shape index (κ2) is 5.47. The van der Waals surface area contributed by atoms with E-state index in [0.717, 1.165) is 37.9 Å². The van der Waals surface area contributed by atoms with E-state index in [9.17, 15) is 4.79 Å². The summed E-state index contributed by atoms with van der Waals surface area (Å²) in [5.41, 5.74) is 3.36. The van der Waals surface area contributed by atoms with Gasteiger partial charge in [-0.15, -0.1) is 0 Å². The highest BCUT2D eigenvalue weighted by molar-refractivity contribution is 5.96. The molecule has 1 amide bonds. The average molecular weight is 272 g/mol. The predicted octanol–water partition coefficient (Wildman–Crippen LogP) is 3.95. The van der Waals surface area contributed by atoms with Crippen LogP contribution in [0.4, 0.5) is 11.4 Å².